The fourth-order valence-electron chi connectivity index (χ4n) is 2.11. The van der Waals surface area contributed by atoms with E-state index < -0.39 is 5.97 Å². The van der Waals surface area contributed by atoms with Crippen LogP contribution in [0.2, 0.25) is 0 Å². The molecule has 17 heavy (non-hydrogen) atoms. The van der Waals surface area contributed by atoms with Gasteiger partial charge in [0.05, 0.1) is 18.4 Å². The van der Waals surface area contributed by atoms with E-state index in [4.69, 9.17) is 9.84 Å². The van der Waals surface area contributed by atoms with Crippen molar-refractivity contribution < 1.29 is 14.6 Å². The zero-order valence-corrected chi connectivity index (χ0v) is 9.76. The number of hydrogen-bond donors (Lipinski definition) is 1. The molecule has 0 unspecified atom stereocenters. The molecule has 2 rings (SSSR count). The second kappa shape index (κ2) is 5.77. The van der Waals surface area contributed by atoms with Gasteiger partial charge in [-0.25, -0.2) is 9.78 Å². The van der Waals surface area contributed by atoms with Gasteiger partial charge in [-0.3, -0.25) is 0 Å². The summed E-state index contributed by atoms with van der Waals surface area (Å²) >= 11 is 0. The van der Waals surface area contributed by atoms with Crippen molar-refractivity contribution in [3.8, 4) is 0 Å². The molecule has 0 amide bonds. The molecule has 92 valence electrons. The molecule has 4 heteroatoms. The predicted molar refractivity (Wildman–Crippen MR) is 62.9 cm³/mol. The van der Waals surface area contributed by atoms with E-state index in [1.54, 1.807) is 12.1 Å². The third-order valence-electron chi connectivity index (χ3n) is 3.05. The monoisotopic (exact) mass is 235 g/mol. The highest BCUT2D eigenvalue weighted by molar-refractivity contribution is 5.85. The first kappa shape index (κ1) is 12.0. The molecular weight excluding hydrogens is 218 g/mol. The van der Waals surface area contributed by atoms with E-state index in [1.807, 2.05) is 0 Å². The fraction of sp³-hybridized carbons (Fsp3) is 0.538. The number of carbonyl (C=O) groups is 1. The molecule has 1 fully saturated rings. The Kier molecular flexibility index (Phi) is 4.09. The summed E-state index contributed by atoms with van der Waals surface area (Å²) in [6.07, 6.45) is 6.30. The van der Waals surface area contributed by atoms with Gasteiger partial charge < -0.3 is 9.84 Å². The van der Waals surface area contributed by atoms with Crippen LogP contribution in [0.4, 0.5) is 0 Å². The molecule has 1 saturated carbocycles. The summed E-state index contributed by atoms with van der Waals surface area (Å²) in [6.45, 7) is 0.409. The lowest BCUT2D eigenvalue weighted by atomic mass is 9.98. The zero-order chi connectivity index (χ0) is 12.1. The third-order valence-corrected chi connectivity index (χ3v) is 3.05. The molecule has 0 aliphatic heterocycles. The van der Waals surface area contributed by atoms with Crippen molar-refractivity contribution in [1.29, 1.82) is 0 Å². The predicted octanol–water partition coefficient (Wildman–Crippen LogP) is 2.63. The van der Waals surface area contributed by atoms with E-state index in [-0.39, 0.29) is 5.69 Å². The molecule has 1 aromatic rings. The van der Waals surface area contributed by atoms with Gasteiger partial charge in [0, 0.05) is 0 Å². The molecule has 0 spiro atoms. The number of rotatable bonds is 4. The summed E-state index contributed by atoms with van der Waals surface area (Å²) in [6, 6.07) is 5.00. The van der Waals surface area contributed by atoms with Gasteiger partial charge in [-0.15, -0.1) is 0 Å². The minimum absolute atomic E-state index is 0.0785. The van der Waals surface area contributed by atoms with Crippen molar-refractivity contribution in [2.24, 2.45) is 0 Å². The van der Waals surface area contributed by atoms with E-state index in [0.29, 0.717) is 18.4 Å². The van der Waals surface area contributed by atoms with Gasteiger partial charge in [0.1, 0.15) is 5.69 Å². The maximum atomic E-state index is 10.8. The summed E-state index contributed by atoms with van der Waals surface area (Å²) < 4.78 is 5.75. The Balaban J connectivity index is 1.89. The summed E-state index contributed by atoms with van der Waals surface area (Å²) in [5, 5.41) is 8.82. The van der Waals surface area contributed by atoms with Gasteiger partial charge in [0.25, 0.3) is 0 Å². The van der Waals surface area contributed by atoms with Crippen LogP contribution in [0.3, 0.4) is 0 Å². The molecule has 1 N–H and O–H groups in total. The van der Waals surface area contributed by atoms with Gasteiger partial charge in [-0.1, -0.05) is 25.3 Å². The smallest absolute Gasteiger partial charge is 0.354 e. The van der Waals surface area contributed by atoms with Crippen molar-refractivity contribution in [2.75, 3.05) is 0 Å². The molecule has 1 aromatic heterocycles. The molecular formula is C13H17NO3. The largest absolute Gasteiger partial charge is 0.477 e. The van der Waals surface area contributed by atoms with Crippen molar-refractivity contribution >= 4 is 5.97 Å². The second-order valence-corrected chi connectivity index (χ2v) is 4.39. The number of aromatic nitrogens is 1. The van der Waals surface area contributed by atoms with Gasteiger partial charge >= 0.3 is 5.97 Å². The molecule has 0 atom stereocenters. The van der Waals surface area contributed by atoms with Crippen LogP contribution < -0.4 is 0 Å². The van der Waals surface area contributed by atoms with E-state index in [9.17, 15) is 4.79 Å². The van der Waals surface area contributed by atoms with Crippen LogP contribution in [0, 0.1) is 0 Å². The molecule has 1 heterocycles. The highest BCUT2D eigenvalue weighted by Gasteiger charge is 2.14. The molecule has 0 saturated heterocycles. The van der Waals surface area contributed by atoms with Gasteiger partial charge in [-0.05, 0) is 25.0 Å². The SMILES string of the molecule is O=C(O)c1cccc(COC2CCCCC2)n1. The topological polar surface area (TPSA) is 59.4 Å². The van der Waals surface area contributed by atoms with Crippen LogP contribution >= 0.6 is 0 Å². The van der Waals surface area contributed by atoms with Crippen LogP contribution in [0.25, 0.3) is 0 Å². The van der Waals surface area contributed by atoms with Crippen LogP contribution in [0.1, 0.15) is 48.3 Å². The molecule has 1 aliphatic rings. The van der Waals surface area contributed by atoms with E-state index in [0.717, 1.165) is 12.8 Å². The summed E-state index contributed by atoms with van der Waals surface area (Å²) in [5.74, 6) is -0.996. The maximum Gasteiger partial charge on any atom is 0.354 e. The number of carboxylic acid groups (broad SMARTS) is 1. The number of nitrogens with zero attached hydrogens (tertiary/aromatic N) is 1. The van der Waals surface area contributed by atoms with Gasteiger partial charge in [0.15, 0.2) is 0 Å². The van der Waals surface area contributed by atoms with E-state index >= 15 is 0 Å². The Morgan fingerprint density at radius 2 is 2.12 bits per heavy atom. The first-order valence-electron chi connectivity index (χ1n) is 6.06. The Morgan fingerprint density at radius 1 is 1.35 bits per heavy atom. The van der Waals surface area contributed by atoms with Crippen molar-refractivity contribution in [1.82, 2.24) is 4.98 Å². The fourth-order valence-corrected chi connectivity index (χ4v) is 2.11. The lowest BCUT2D eigenvalue weighted by molar-refractivity contribution is 0.0152. The van der Waals surface area contributed by atoms with Crippen molar-refractivity contribution in [3.05, 3.63) is 29.6 Å². The first-order chi connectivity index (χ1) is 8.25. The van der Waals surface area contributed by atoms with E-state index in [1.165, 1.54) is 25.3 Å². The summed E-state index contributed by atoms with van der Waals surface area (Å²) in [7, 11) is 0. The number of carboxylic acids is 1. The molecule has 4 nitrogen and oxygen atoms in total. The second-order valence-electron chi connectivity index (χ2n) is 4.39. The van der Waals surface area contributed by atoms with Crippen molar-refractivity contribution in [3.63, 3.8) is 0 Å². The number of aromatic carboxylic acids is 1. The number of pyridine rings is 1. The Hall–Kier alpha value is -1.42. The van der Waals surface area contributed by atoms with Gasteiger partial charge in [0.2, 0.25) is 0 Å². The average molecular weight is 235 g/mol. The highest BCUT2D eigenvalue weighted by Crippen LogP contribution is 2.21. The van der Waals surface area contributed by atoms with Crippen LogP contribution in [0.15, 0.2) is 18.2 Å². The first-order valence-corrected chi connectivity index (χ1v) is 6.06. The van der Waals surface area contributed by atoms with Gasteiger partial charge in [-0.2, -0.15) is 0 Å². The standard InChI is InChI=1S/C13H17NO3/c15-13(16)12-8-4-5-10(14-12)9-17-11-6-2-1-3-7-11/h4-5,8,11H,1-3,6-7,9H2,(H,15,16). The van der Waals surface area contributed by atoms with Crippen LogP contribution in [0.5, 0.6) is 0 Å². The lowest BCUT2D eigenvalue weighted by Gasteiger charge is -2.21. The average Bonchev–Trinajstić information content (AvgIpc) is 2.38. The Morgan fingerprint density at radius 3 is 2.82 bits per heavy atom. The highest BCUT2D eigenvalue weighted by atomic mass is 16.5. The van der Waals surface area contributed by atoms with Crippen molar-refractivity contribution in [2.45, 2.75) is 44.8 Å². The maximum absolute atomic E-state index is 10.8. The normalized spacial score (nSPS) is 16.9. The van der Waals surface area contributed by atoms with Crippen LogP contribution in [-0.2, 0) is 11.3 Å². The minimum Gasteiger partial charge on any atom is -0.477 e. The minimum atomic E-state index is -0.996. The van der Waals surface area contributed by atoms with Crippen LogP contribution in [-0.4, -0.2) is 22.2 Å². The lowest BCUT2D eigenvalue weighted by Crippen LogP contribution is -2.17. The number of hydrogen-bond acceptors (Lipinski definition) is 3. The quantitative estimate of drug-likeness (QED) is 0.871. The number of ether oxygens (including phenoxy) is 1. The molecule has 0 aromatic carbocycles. The van der Waals surface area contributed by atoms with E-state index in [2.05, 4.69) is 4.98 Å². The Labute approximate surface area is 101 Å². The Bertz CT molecular complexity index is 386. The third kappa shape index (κ3) is 3.53. The molecule has 1 aliphatic carbocycles. The summed E-state index contributed by atoms with van der Waals surface area (Å²) in [5.41, 5.74) is 0.769. The molecule has 0 bridgehead atoms. The molecule has 0 radical (unpaired) electrons. The zero-order valence-electron chi connectivity index (χ0n) is 9.76. The summed E-state index contributed by atoms with van der Waals surface area (Å²) in [4.78, 5) is 14.8.